The molecule has 0 aromatic heterocycles. The van der Waals surface area contributed by atoms with Crippen molar-refractivity contribution in [2.75, 3.05) is 12.3 Å². The summed E-state index contributed by atoms with van der Waals surface area (Å²) in [6.45, 7) is 4.32. The topological polar surface area (TPSA) is 103 Å². The first-order valence-corrected chi connectivity index (χ1v) is 9.96. The average molecular weight is 344 g/mol. The van der Waals surface area contributed by atoms with Crippen LogP contribution >= 0.6 is 0 Å². The molecular formula is C16H26NO5S-. The number of carbonyl (C=O) groups excluding carboxylic acids is 2. The van der Waals surface area contributed by atoms with Gasteiger partial charge in [-0.3, -0.25) is 4.79 Å². The summed E-state index contributed by atoms with van der Waals surface area (Å²) in [4.78, 5) is 22.7. The number of Topliss-reactive ketones (excluding diaryl/α,β-unsaturated/α-hetero) is 1. The van der Waals surface area contributed by atoms with Crippen molar-refractivity contribution in [3.8, 4) is 0 Å². The van der Waals surface area contributed by atoms with Gasteiger partial charge in [0.1, 0.15) is 5.78 Å². The van der Waals surface area contributed by atoms with Gasteiger partial charge in [0, 0.05) is 24.3 Å². The summed E-state index contributed by atoms with van der Waals surface area (Å²) in [5, 5.41) is 10.3. The quantitative estimate of drug-likeness (QED) is 0.617. The summed E-state index contributed by atoms with van der Waals surface area (Å²) in [5.74, 6) is -0.808. The fourth-order valence-corrected chi connectivity index (χ4v) is 6.17. The van der Waals surface area contributed by atoms with E-state index in [0.717, 1.165) is 6.42 Å². The highest BCUT2D eigenvalue weighted by Gasteiger charge is 2.65. The monoisotopic (exact) mass is 344 g/mol. The van der Waals surface area contributed by atoms with E-state index in [2.05, 4.69) is 4.72 Å². The number of ketones is 1. The maximum absolute atomic E-state index is 12.4. The van der Waals surface area contributed by atoms with E-state index in [1.165, 1.54) is 0 Å². The van der Waals surface area contributed by atoms with Gasteiger partial charge in [0.15, 0.2) is 0 Å². The van der Waals surface area contributed by atoms with Crippen molar-refractivity contribution in [3.05, 3.63) is 0 Å². The third-order valence-electron chi connectivity index (χ3n) is 5.96. The molecule has 0 saturated heterocycles. The number of hydrogen-bond acceptors (Lipinski definition) is 5. The van der Waals surface area contributed by atoms with Gasteiger partial charge in [0.05, 0.1) is 5.75 Å². The van der Waals surface area contributed by atoms with Gasteiger partial charge in [-0.25, -0.2) is 13.1 Å². The summed E-state index contributed by atoms with van der Waals surface area (Å²) < 4.78 is 27.3. The van der Waals surface area contributed by atoms with Crippen LogP contribution in [0, 0.1) is 16.7 Å². The van der Waals surface area contributed by atoms with Crippen LogP contribution in [0.1, 0.15) is 58.8 Å². The highest BCUT2D eigenvalue weighted by atomic mass is 32.2. The Bertz CT molecular complexity index is 583. The Morgan fingerprint density at radius 1 is 1.30 bits per heavy atom. The number of unbranched alkanes of at least 4 members (excludes halogenated alkanes) is 2. The smallest absolute Gasteiger partial charge is 0.212 e. The summed E-state index contributed by atoms with van der Waals surface area (Å²) in [6.07, 6.45) is 3.80. The third-order valence-corrected chi connectivity index (χ3v) is 7.47. The van der Waals surface area contributed by atoms with E-state index >= 15 is 0 Å². The van der Waals surface area contributed by atoms with Crippen molar-refractivity contribution >= 4 is 21.8 Å². The van der Waals surface area contributed by atoms with Crippen molar-refractivity contribution in [1.82, 2.24) is 4.72 Å². The van der Waals surface area contributed by atoms with Gasteiger partial charge in [-0.2, -0.15) is 0 Å². The average Bonchev–Trinajstić information content (AvgIpc) is 2.76. The molecule has 0 heterocycles. The minimum absolute atomic E-state index is 0.0000587. The van der Waals surface area contributed by atoms with Crippen LogP contribution in [0.2, 0.25) is 0 Å². The molecule has 0 amide bonds. The van der Waals surface area contributed by atoms with E-state index in [9.17, 15) is 23.1 Å². The van der Waals surface area contributed by atoms with E-state index in [1.807, 2.05) is 13.8 Å². The molecule has 23 heavy (non-hydrogen) atoms. The first-order chi connectivity index (χ1) is 10.6. The van der Waals surface area contributed by atoms with E-state index in [4.69, 9.17) is 0 Å². The van der Waals surface area contributed by atoms with E-state index in [0.29, 0.717) is 38.0 Å². The minimum atomic E-state index is -3.52. The number of aliphatic carboxylic acids is 1. The third kappa shape index (κ3) is 3.60. The molecule has 6 nitrogen and oxygen atoms in total. The van der Waals surface area contributed by atoms with Gasteiger partial charge in [0.2, 0.25) is 10.0 Å². The van der Waals surface area contributed by atoms with Crippen LogP contribution < -0.4 is 9.83 Å². The van der Waals surface area contributed by atoms with Gasteiger partial charge in [-0.05, 0) is 43.4 Å². The fraction of sp³-hybridized carbons (Fsp3) is 0.875. The molecule has 2 atom stereocenters. The number of carboxylic acids is 1. The molecule has 0 radical (unpaired) electrons. The second kappa shape index (κ2) is 6.51. The lowest BCUT2D eigenvalue weighted by Crippen LogP contribution is -2.45. The fourth-order valence-electron chi connectivity index (χ4n) is 4.28. The Morgan fingerprint density at radius 3 is 2.52 bits per heavy atom. The van der Waals surface area contributed by atoms with Gasteiger partial charge in [-0.15, -0.1) is 0 Å². The van der Waals surface area contributed by atoms with Crippen molar-refractivity contribution in [2.24, 2.45) is 16.7 Å². The second-order valence-corrected chi connectivity index (χ2v) is 9.31. The predicted molar refractivity (Wildman–Crippen MR) is 83.8 cm³/mol. The zero-order chi connectivity index (χ0) is 17.3. The number of sulfonamides is 1. The molecule has 2 rings (SSSR count). The summed E-state index contributed by atoms with van der Waals surface area (Å²) >= 11 is 0. The number of nitrogens with one attached hydrogen (secondary N) is 1. The normalized spacial score (nSPS) is 29.1. The molecule has 0 aromatic carbocycles. The molecule has 7 heteroatoms. The molecule has 2 bridgehead atoms. The van der Waals surface area contributed by atoms with E-state index in [-0.39, 0.29) is 29.9 Å². The van der Waals surface area contributed by atoms with Crippen LogP contribution in [-0.2, 0) is 19.6 Å². The SMILES string of the molecule is CC1(C)[C@@H]2CC[C@]1(CS(=O)(=O)NCCCCCC(=O)[O-])C(=O)C2. The second-order valence-electron chi connectivity index (χ2n) is 7.50. The van der Waals surface area contributed by atoms with E-state index < -0.39 is 21.4 Å². The lowest BCUT2D eigenvalue weighted by atomic mass is 9.70. The molecule has 2 aliphatic carbocycles. The molecule has 132 valence electrons. The van der Waals surface area contributed by atoms with Crippen molar-refractivity contribution in [2.45, 2.75) is 58.8 Å². The number of carbonyl (C=O) groups is 2. The highest BCUT2D eigenvalue weighted by molar-refractivity contribution is 7.89. The molecule has 0 unspecified atom stereocenters. The first kappa shape index (κ1) is 18.4. The molecular weight excluding hydrogens is 318 g/mol. The number of carboxylic acid groups (broad SMARTS) is 1. The lowest BCUT2D eigenvalue weighted by Gasteiger charge is -2.36. The van der Waals surface area contributed by atoms with Crippen LogP contribution in [0.4, 0.5) is 0 Å². The minimum Gasteiger partial charge on any atom is -0.550 e. The summed E-state index contributed by atoms with van der Waals surface area (Å²) in [5.41, 5.74) is -0.994. The maximum Gasteiger partial charge on any atom is 0.212 e. The lowest BCUT2D eigenvalue weighted by molar-refractivity contribution is -0.305. The van der Waals surface area contributed by atoms with Crippen LogP contribution in [0.5, 0.6) is 0 Å². The zero-order valence-electron chi connectivity index (χ0n) is 13.9. The van der Waals surface area contributed by atoms with Crippen molar-refractivity contribution in [3.63, 3.8) is 0 Å². The first-order valence-electron chi connectivity index (χ1n) is 8.31. The number of hydrogen-bond donors (Lipinski definition) is 1. The standard InChI is InChI=1S/C16H27NO5S/c1-15(2)12-7-8-16(15,13(18)10-12)11-23(21,22)17-9-5-3-4-6-14(19)20/h12,17H,3-11H2,1-2H3,(H,19,20)/p-1/t12-,16+/m1/s1. The molecule has 0 aromatic rings. The van der Waals surface area contributed by atoms with E-state index in [1.54, 1.807) is 0 Å². The molecule has 0 spiro atoms. The van der Waals surface area contributed by atoms with Crippen LogP contribution in [0.15, 0.2) is 0 Å². The molecule has 2 aliphatic rings. The molecule has 2 fully saturated rings. The summed E-state index contributed by atoms with van der Waals surface area (Å²) in [7, 11) is -3.52. The number of fused-ring (bicyclic) bond motifs is 2. The van der Waals surface area contributed by atoms with Gasteiger partial charge < -0.3 is 9.90 Å². The molecule has 1 N–H and O–H groups in total. The number of rotatable bonds is 9. The Hall–Kier alpha value is -0.950. The van der Waals surface area contributed by atoms with Crippen LogP contribution in [-0.4, -0.2) is 32.5 Å². The van der Waals surface area contributed by atoms with Crippen LogP contribution in [0.3, 0.4) is 0 Å². The van der Waals surface area contributed by atoms with Gasteiger partial charge >= 0.3 is 0 Å². The van der Waals surface area contributed by atoms with Crippen molar-refractivity contribution < 1.29 is 23.1 Å². The predicted octanol–water partition coefficient (Wildman–Crippen LogP) is 0.612. The van der Waals surface area contributed by atoms with Gasteiger partial charge in [0.25, 0.3) is 0 Å². The Labute approximate surface area is 138 Å². The Kier molecular flexibility index (Phi) is 5.21. The van der Waals surface area contributed by atoms with Crippen molar-refractivity contribution in [1.29, 1.82) is 0 Å². The maximum atomic E-state index is 12.4. The molecule has 2 saturated carbocycles. The zero-order valence-corrected chi connectivity index (χ0v) is 14.7. The molecule has 0 aliphatic heterocycles. The van der Waals surface area contributed by atoms with Crippen LogP contribution in [0.25, 0.3) is 0 Å². The Balaban J connectivity index is 1.86. The highest BCUT2D eigenvalue weighted by Crippen LogP contribution is 2.64. The Morgan fingerprint density at radius 2 is 2.00 bits per heavy atom. The summed E-state index contributed by atoms with van der Waals surface area (Å²) in [6, 6.07) is 0. The largest absolute Gasteiger partial charge is 0.550 e. The van der Waals surface area contributed by atoms with Gasteiger partial charge in [-0.1, -0.05) is 20.3 Å².